The number of amides is 1. The highest BCUT2D eigenvalue weighted by molar-refractivity contribution is 7.91. The molecule has 0 unspecified atom stereocenters. The molecule has 2 rings (SSSR count). The minimum absolute atomic E-state index is 0.126. The van der Waals surface area contributed by atoms with Crippen LogP contribution in [0.5, 0.6) is 0 Å². The monoisotopic (exact) mass is 403 g/mol. The first-order valence-corrected chi connectivity index (χ1v) is 9.71. The van der Waals surface area contributed by atoms with Crippen LogP contribution in [-0.2, 0) is 24.3 Å². The molecule has 0 aliphatic carbocycles. The lowest BCUT2D eigenvalue weighted by atomic mass is 10.4. The summed E-state index contributed by atoms with van der Waals surface area (Å²) in [5.41, 5.74) is 0. The van der Waals surface area contributed by atoms with Crippen molar-refractivity contribution in [1.82, 2.24) is 9.71 Å². The van der Waals surface area contributed by atoms with Crippen molar-refractivity contribution in [3.63, 3.8) is 0 Å². The Hall–Kier alpha value is -2.01. The van der Waals surface area contributed by atoms with E-state index in [0.717, 1.165) is 11.3 Å². The number of pyridine rings is 1. The summed E-state index contributed by atoms with van der Waals surface area (Å²) in [4.78, 5) is 27.0. The lowest BCUT2D eigenvalue weighted by Gasteiger charge is -2.07. The molecule has 2 heterocycles. The molecule has 0 saturated carbocycles. The summed E-state index contributed by atoms with van der Waals surface area (Å²) in [5, 5.41) is 4.49. The van der Waals surface area contributed by atoms with Gasteiger partial charge in [-0.1, -0.05) is 17.7 Å². The van der Waals surface area contributed by atoms with Crippen LogP contribution in [0.25, 0.3) is 0 Å². The third-order valence-electron chi connectivity index (χ3n) is 2.74. The van der Waals surface area contributed by atoms with Crippen molar-refractivity contribution in [1.29, 1.82) is 0 Å². The molecule has 2 aromatic heterocycles. The molecule has 0 atom stereocenters. The van der Waals surface area contributed by atoms with Crippen LogP contribution < -0.4 is 10.0 Å². The van der Waals surface area contributed by atoms with E-state index >= 15 is 0 Å². The molecule has 0 radical (unpaired) electrons. The Morgan fingerprint density at radius 2 is 2.08 bits per heavy atom. The van der Waals surface area contributed by atoms with Gasteiger partial charge in [0.2, 0.25) is 10.0 Å². The van der Waals surface area contributed by atoms with Crippen molar-refractivity contribution in [2.24, 2.45) is 0 Å². The zero-order chi connectivity index (χ0) is 18.3. The highest BCUT2D eigenvalue weighted by Gasteiger charge is 2.15. The zero-order valence-electron chi connectivity index (χ0n) is 12.8. The Morgan fingerprint density at radius 3 is 2.72 bits per heavy atom. The number of nitrogens with one attached hydrogen (secondary N) is 2. The quantitative estimate of drug-likeness (QED) is 0.647. The number of anilines is 1. The molecule has 11 heteroatoms. The summed E-state index contributed by atoms with van der Waals surface area (Å²) >= 11 is 6.74. The second-order valence-corrected chi connectivity index (χ2v) is 8.03. The average molecular weight is 404 g/mol. The molecule has 0 spiro atoms. The van der Waals surface area contributed by atoms with Crippen LogP contribution in [0.3, 0.4) is 0 Å². The Bertz CT molecular complexity index is 823. The van der Waals surface area contributed by atoms with Gasteiger partial charge >= 0.3 is 5.97 Å². The summed E-state index contributed by atoms with van der Waals surface area (Å²) in [7, 11) is -3.63. The number of halogens is 1. The molecule has 8 nitrogen and oxygen atoms in total. The number of ether oxygens (including phenoxy) is 1. The summed E-state index contributed by atoms with van der Waals surface area (Å²) in [6.07, 6.45) is 1.17. The van der Waals surface area contributed by atoms with Gasteiger partial charge in [0.1, 0.15) is 10.0 Å². The number of thiophene rings is 1. The second-order valence-electron chi connectivity index (χ2n) is 4.65. The first-order chi connectivity index (χ1) is 11.9. The van der Waals surface area contributed by atoms with Gasteiger partial charge in [0, 0.05) is 12.7 Å². The van der Waals surface area contributed by atoms with E-state index in [0.29, 0.717) is 5.02 Å². The summed E-state index contributed by atoms with van der Waals surface area (Å²) in [6.45, 7) is -0.625. The standard InChI is InChI=1S/C14H14ClN3O5S2/c15-10-3-4-11(16-8-10)18-12(19)9-23-13(20)5-6-17-25(21,22)14-2-1-7-24-14/h1-4,7-8,17H,5-6,9H2,(H,16,18,19). The van der Waals surface area contributed by atoms with Crippen LogP contribution in [0.4, 0.5) is 5.82 Å². The van der Waals surface area contributed by atoms with Gasteiger partial charge in [-0.25, -0.2) is 18.1 Å². The lowest BCUT2D eigenvalue weighted by Crippen LogP contribution is -2.27. The average Bonchev–Trinajstić information content (AvgIpc) is 3.10. The van der Waals surface area contributed by atoms with Crippen LogP contribution in [-0.4, -0.2) is 38.4 Å². The highest BCUT2D eigenvalue weighted by atomic mass is 35.5. The minimum Gasteiger partial charge on any atom is -0.456 e. The van der Waals surface area contributed by atoms with Gasteiger partial charge in [0.05, 0.1) is 11.4 Å². The highest BCUT2D eigenvalue weighted by Crippen LogP contribution is 2.15. The summed E-state index contributed by atoms with van der Waals surface area (Å²) in [6, 6.07) is 6.12. The molecule has 2 aromatic rings. The second kappa shape index (κ2) is 8.90. The number of aromatic nitrogens is 1. The molecule has 0 aromatic carbocycles. The predicted molar refractivity (Wildman–Crippen MR) is 93.0 cm³/mol. The molecule has 1 amide bonds. The fraction of sp³-hybridized carbons (Fsp3) is 0.214. The molecule has 0 fully saturated rings. The Kier molecular flexibility index (Phi) is 6.88. The smallest absolute Gasteiger partial charge is 0.307 e. The third-order valence-corrected chi connectivity index (χ3v) is 5.82. The number of carbonyl (C=O) groups excluding carboxylic acids is 2. The number of carbonyl (C=O) groups is 2. The molecule has 0 aliphatic rings. The van der Waals surface area contributed by atoms with E-state index in [1.165, 1.54) is 18.3 Å². The molecule has 0 saturated heterocycles. The Balaban J connectivity index is 1.68. The maximum atomic E-state index is 11.8. The van der Waals surface area contributed by atoms with Crippen LogP contribution in [0, 0.1) is 0 Å². The fourth-order valence-corrected chi connectivity index (χ4v) is 3.80. The van der Waals surface area contributed by atoms with E-state index in [9.17, 15) is 18.0 Å². The molecule has 0 aliphatic heterocycles. The van der Waals surface area contributed by atoms with E-state index in [-0.39, 0.29) is 23.0 Å². The SMILES string of the molecule is O=C(COC(=O)CCNS(=O)(=O)c1cccs1)Nc1ccc(Cl)cn1. The predicted octanol–water partition coefficient (Wildman–Crippen LogP) is 1.65. The first-order valence-electron chi connectivity index (χ1n) is 6.97. The number of esters is 1. The number of nitrogens with zero attached hydrogens (tertiary/aromatic N) is 1. The minimum atomic E-state index is -3.63. The number of rotatable bonds is 8. The molecular formula is C14H14ClN3O5S2. The molecule has 134 valence electrons. The number of hydrogen-bond donors (Lipinski definition) is 2. The van der Waals surface area contributed by atoms with Crippen molar-refractivity contribution in [2.45, 2.75) is 10.6 Å². The normalized spacial score (nSPS) is 11.1. The van der Waals surface area contributed by atoms with Gasteiger partial charge in [0.15, 0.2) is 6.61 Å². The number of hydrogen-bond acceptors (Lipinski definition) is 7. The van der Waals surface area contributed by atoms with Gasteiger partial charge in [-0.3, -0.25) is 9.59 Å². The fourth-order valence-electron chi connectivity index (χ4n) is 1.62. The molecule has 2 N–H and O–H groups in total. The summed E-state index contributed by atoms with van der Waals surface area (Å²) in [5.74, 6) is -0.996. The van der Waals surface area contributed by atoms with E-state index in [2.05, 4.69) is 15.0 Å². The van der Waals surface area contributed by atoms with E-state index in [4.69, 9.17) is 16.3 Å². The third kappa shape index (κ3) is 6.42. The van der Waals surface area contributed by atoms with Crippen molar-refractivity contribution in [3.05, 3.63) is 40.9 Å². The topological polar surface area (TPSA) is 114 Å². The zero-order valence-corrected chi connectivity index (χ0v) is 15.2. The Morgan fingerprint density at radius 1 is 1.28 bits per heavy atom. The van der Waals surface area contributed by atoms with Crippen LogP contribution in [0.1, 0.15) is 6.42 Å². The van der Waals surface area contributed by atoms with E-state index in [1.807, 2.05) is 0 Å². The van der Waals surface area contributed by atoms with Gasteiger partial charge in [-0.05, 0) is 23.6 Å². The molecular weight excluding hydrogens is 390 g/mol. The largest absolute Gasteiger partial charge is 0.456 e. The van der Waals surface area contributed by atoms with E-state index < -0.39 is 28.5 Å². The van der Waals surface area contributed by atoms with Crippen molar-refractivity contribution >= 4 is 50.7 Å². The van der Waals surface area contributed by atoms with E-state index in [1.54, 1.807) is 17.5 Å². The van der Waals surface area contributed by atoms with Crippen molar-refractivity contribution in [3.8, 4) is 0 Å². The molecule has 0 bridgehead atoms. The van der Waals surface area contributed by atoms with Crippen molar-refractivity contribution < 1.29 is 22.7 Å². The first kappa shape index (κ1) is 19.3. The summed E-state index contributed by atoms with van der Waals surface area (Å²) < 4.78 is 30.9. The van der Waals surface area contributed by atoms with Gasteiger partial charge in [0.25, 0.3) is 5.91 Å². The van der Waals surface area contributed by atoms with Crippen LogP contribution >= 0.6 is 22.9 Å². The molecule has 25 heavy (non-hydrogen) atoms. The van der Waals surface area contributed by atoms with Crippen LogP contribution in [0.2, 0.25) is 5.02 Å². The van der Waals surface area contributed by atoms with Crippen molar-refractivity contribution in [2.75, 3.05) is 18.5 Å². The Labute approximate surface area is 153 Å². The lowest BCUT2D eigenvalue weighted by molar-refractivity contribution is -0.147. The van der Waals surface area contributed by atoms with Gasteiger partial charge in [-0.15, -0.1) is 11.3 Å². The maximum Gasteiger partial charge on any atom is 0.307 e. The maximum absolute atomic E-state index is 11.8. The van der Waals surface area contributed by atoms with Gasteiger partial charge < -0.3 is 10.1 Å². The van der Waals surface area contributed by atoms with Gasteiger partial charge in [-0.2, -0.15) is 0 Å². The van der Waals surface area contributed by atoms with Crippen LogP contribution in [0.15, 0.2) is 40.1 Å². The number of sulfonamides is 1.